The van der Waals surface area contributed by atoms with E-state index < -0.39 is 10.8 Å². The van der Waals surface area contributed by atoms with Crippen molar-refractivity contribution in [1.29, 1.82) is 0 Å². The number of nitrogens with zero attached hydrogens (tertiary/aromatic N) is 6. The van der Waals surface area contributed by atoms with Gasteiger partial charge in [-0.05, 0) is 147 Å². The molecular formula is C64H62N6O4+2. The molecule has 0 amide bonds. The van der Waals surface area contributed by atoms with Crippen LogP contribution in [0.5, 0.6) is 0 Å². The zero-order chi connectivity index (χ0) is 52.2. The first kappa shape index (κ1) is 48.1. The first-order chi connectivity index (χ1) is 35.2. The average Bonchev–Trinajstić information content (AvgIpc) is 3.90. The molecular weight excluding hydrogens is 917 g/mol. The molecule has 4 aliphatic rings. The van der Waals surface area contributed by atoms with E-state index in [9.17, 15) is 20.2 Å². The van der Waals surface area contributed by atoms with Gasteiger partial charge in [0, 0.05) is 107 Å². The Morgan fingerprint density at radius 1 is 0.514 bits per heavy atom. The number of rotatable bonds is 10. The standard InChI is InChI=1S/C64H62N6O4/c1-61(2)55(67(9)53-35-31-43-29-33-45(69(71)72)37-47(43)59(53)61)21-15-23-57-63(5,49-17-11-13-19-51(49)65(57)7)39-41-25-27-42(28-26-41)40-64(6)50-18-12-14-20-52(50)66(8)58(64)24-16-22-56-62(3,4)60-48-38-46(70(73)74)34-30-44(48)32-36-54(60)68(56)10/h11-38H,39-40H2,1-10H3/q+2. The lowest BCUT2D eigenvalue weighted by Gasteiger charge is -2.30. The lowest BCUT2D eigenvalue weighted by Crippen LogP contribution is -2.29. The molecule has 2 unspecified atom stereocenters. The molecule has 11 rings (SSSR count). The predicted octanol–water partition coefficient (Wildman–Crippen LogP) is 14.0. The summed E-state index contributed by atoms with van der Waals surface area (Å²) in [5.41, 5.74) is 15.3. The fourth-order valence-electron chi connectivity index (χ4n) is 13.4. The molecule has 10 nitrogen and oxygen atoms in total. The maximum absolute atomic E-state index is 11.8. The highest BCUT2D eigenvalue weighted by Gasteiger charge is 2.47. The second kappa shape index (κ2) is 17.2. The Hall–Kier alpha value is -8.24. The van der Waals surface area contributed by atoms with Gasteiger partial charge in [-0.25, -0.2) is 0 Å². The molecule has 74 heavy (non-hydrogen) atoms. The number of hydrogen-bond donors (Lipinski definition) is 0. The van der Waals surface area contributed by atoms with E-state index in [2.05, 4.69) is 222 Å². The van der Waals surface area contributed by atoms with Gasteiger partial charge in [-0.3, -0.25) is 20.2 Å². The summed E-state index contributed by atoms with van der Waals surface area (Å²) in [5, 5.41) is 27.5. The number of benzene rings is 7. The van der Waals surface area contributed by atoms with Crippen molar-refractivity contribution in [2.24, 2.45) is 0 Å². The van der Waals surface area contributed by atoms with E-state index in [1.165, 1.54) is 45.0 Å². The molecule has 0 aromatic heterocycles. The molecule has 0 aliphatic carbocycles. The number of nitro groups is 2. The van der Waals surface area contributed by atoms with E-state index in [1.807, 2.05) is 12.1 Å². The van der Waals surface area contributed by atoms with Crippen molar-refractivity contribution in [2.75, 3.05) is 38.0 Å². The third kappa shape index (κ3) is 7.28. The van der Waals surface area contributed by atoms with Crippen LogP contribution in [0.4, 0.5) is 34.1 Å². The lowest BCUT2D eigenvalue weighted by molar-refractivity contribution is -0.401. The molecule has 4 heterocycles. The van der Waals surface area contributed by atoms with E-state index >= 15 is 0 Å². The number of allylic oxidation sites excluding steroid dienone is 8. The second-order valence-electron chi connectivity index (χ2n) is 22.2. The fraction of sp³-hybridized carbons (Fsp3) is 0.250. The van der Waals surface area contributed by atoms with E-state index in [0.717, 1.165) is 68.3 Å². The quantitative estimate of drug-likeness (QED) is 0.0769. The smallest absolute Gasteiger partial charge is 0.270 e. The van der Waals surface area contributed by atoms with Crippen LogP contribution in [0, 0.1) is 20.2 Å². The minimum Gasteiger partial charge on any atom is -0.347 e. The summed E-state index contributed by atoms with van der Waals surface area (Å²) >= 11 is 0. The Labute approximate surface area is 433 Å². The van der Waals surface area contributed by atoms with Gasteiger partial charge in [0.05, 0.1) is 20.7 Å². The molecule has 0 bridgehead atoms. The Morgan fingerprint density at radius 3 is 1.26 bits per heavy atom. The highest BCUT2D eigenvalue weighted by Crippen LogP contribution is 2.52. The van der Waals surface area contributed by atoms with Crippen molar-refractivity contribution in [3.63, 3.8) is 0 Å². The Kier molecular flexibility index (Phi) is 11.2. The number of likely N-dealkylation sites (N-methyl/N-ethyl adjacent to an activating group) is 2. The van der Waals surface area contributed by atoms with Crippen LogP contribution in [0.1, 0.15) is 74.9 Å². The fourth-order valence-corrected chi connectivity index (χ4v) is 13.4. The normalized spacial score (nSPS) is 21.5. The zero-order valence-corrected chi connectivity index (χ0v) is 43.9. The summed E-state index contributed by atoms with van der Waals surface area (Å²) < 4.78 is 4.45. The SMILES string of the molecule is CN1C(=CC=CC2=[N+](C)c3ccc4ccc([N+](=O)[O-])cc4c3C2(C)C)C(C)(Cc2ccc(CC3(C)C(=CC=CC4=[N+](C)c5ccc6ccc([N+](=O)[O-])cc6c5C4(C)C)N(C)c4ccccc43)cc2)c2ccccc21. The number of nitro benzene ring substituents is 2. The molecule has 0 spiro atoms. The molecule has 0 fully saturated rings. The van der Waals surface area contributed by atoms with Gasteiger partial charge in [-0.2, -0.15) is 9.15 Å². The van der Waals surface area contributed by atoms with Crippen molar-refractivity contribution in [3.8, 4) is 0 Å². The number of fused-ring (bicyclic) bond motifs is 8. The highest BCUT2D eigenvalue weighted by molar-refractivity contribution is 6.09. The predicted molar refractivity (Wildman–Crippen MR) is 302 cm³/mol. The van der Waals surface area contributed by atoms with Gasteiger partial charge < -0.3 is 9.80 Å². The molecule has 4 aliphatic heterocycles. The minimum atomic E-state index is -0.397. The molecule has 10 heteroatoms. The number of hydrogen-bond acceptors (Lipinski definition) is 6. The minimum absolute atomic E-state index is 0.0994. The average molecular weight is 979 g/mol. The van der Waals surface area contributed by atoms with E-state index in [0.29, 0.717) is 0 Å². The third-order valence-corrected chi connectivity index (χ3v) is 17.1. The van der Waals surface area contributed by atoms with Gasteiger partial charge in [-0.15, -0.1) is 0 Å². The van der Waals surface area contributed by atoms with Gasteiger partial charge in [0.25, 0.3) is 11.4 Å². The molecule has 7 aromatic carbocycles. The Bertz CT molecular complexity index is 3530. The van der Waals surface area contributed by atoms with Crippen molar-refractivity contribution in [3.05, 3.63) is 235 Å². The summed E-state index contributed by atoms with van der Waals surface area (Å²) in [4.78, 5) is 27.7. The summed E-state index contributed by atoms with van der Waals surface area (Å²) in [6.45, 7) is 13.6. The van der Waals surface area contributed by atoms with Crippen LogP contribution in [0.15, 0.2) is 181 Å². The summed E-state index contributed by atoms with van der Waals surface area (Å²) in [6.07, 6.45) is 15.0. The first-order valence-corrected chi connectivity index (χ1v) is 25.4. The maximum atomic E-state index is 11.8. The lowest BCUT2D eigenvalue weighted by atomic mass is 9.75. The molecule has 0 N–H and O–H groups in total. The molecule has 0 radical (unpaired) electrons. The van der Waals surface area contributed by atoms with Gasteiger partial charge >= 0.3 is 0 Å². The first-order valence-electron chi connectivity index (χ1n) is 25.4. The number of non-ortho nitro benzene ring substituents is 2. The van der Waals surface area contributed by atoms with Crippen LogP contribution in [0.3, 0.4) is 0 Å². The van der Waals surface area contributed by atoms with E-state index in [1.54, 1.807) is 24.3 Å². The van der Waals surface area contributed by atoms with Gasteiger partial charge in [0.15, 0.2) is 11.4 Å². The van der Waals surface area contributed by atoms with Crippen LogP contribution in [0.25, 0.3) is 21.5 Å². The van der Waals surface area contributed by atoms with Crippen molar-refractivity contribution in [1.82, 2.24) is 0 Å². The molecule has 370 valence electrons. The number of para-hydroxylation sites is 2. The summed E-state index contributed by atoms with van der Waals surface area (Å²) in [5.74, 6) is 0. The topological polar surface area (TPSA) is 98.8 Å². The zero-order valence-electron chi connectivity index (χ0n) is 43.9. The van der Waals surface area contributed by atoms with Crippen LogP contribution in [0.2, 0.25) is 0 Å². The van der Waals surface area contributed by atoms with Crippen molar-refractivity contribution >= 4 is 67.1 Å². The molecule has 7 aromatic rings. The van der Waals surface area contributed by atoms with Crippen LogP contribution in [-0.4, -0.2) is 58.6 Å². The molecule has 2 atom stereocenters. The second-order valence-corrected chi connectivity index (χ2v) is 22.2. The monoisotopic (exact) mass is 978 g/mol. The largest absolute Gasteiger partial charge is 0.347 e. The summed E-state index contributed by atoms with van der Waals surface area (Å²) in [7, 11) is 8.51. The van der Waals surface area contributed by atoms with Gasteiger partial charge in [0.1, 0.15) is 14.1 Å². The van der Waals surface area contributed by atoms with Gasteiger partial charge in [-0.1, -0.05) is 72.8 Å². The van der Waals surface area contributed by atoms with Crippen LogP contribution < -0.4 is 9.80 Å². The Morgan fingerprint density at radius 2 is 0.878 bits per heavy atom. The Balaban J connectivity index is 0.874. The molecule has 0 saturated heterocycles. The van der Waals surface area contributed by atoms with E-state index in [-0.39, 0.29) is 32.1 Å². The van der Waals surface area contributed by atoms with Crippen LogP contribution >= 0.6 is 0 Å². The third-order valence-electron chi connectivity index (χ3n) is 17.1. The van der Waals surface area contributed by atoms with E-state index in [4.69, 9.17) is 0 Å². The van der Waals surface area contributed by atoms with Crippen LogP contribution in [-0.2, 0) is 34.5 Å². The van der Waals surface area contributed by atoms with Crippen molar-refractivity contribution in [2.45, 2.75) is 76.0 Å². The summed E-state index contributed by atoms with van der Waals surface area (Å²) in [6, 6.07) is 45.4. The number of anilines is 2. The molecule has 0 saturated carbocycles. The van der Waals surface area contributed by atoms with Crippen molar-refractivity contribution < 1.29 is 19.0 Å². The maximum Gasteiger partial charge on any atom is 0.270 e. The highest BCUT2D eigenvalue weighted by atomic mass is 16.6. The van der Waals surface area contributed by atoms with Gasteiger partial charge in [0.2, 0.25) is 11.4 Å².